The lowest BCUT2D eigenvalue weighted by molar-refractivity contribution is -0.239. The zero-order valence-corrected chi connectivity index (χ0v) is 28.4. The molecule has 3 fully saturated rings. The number of carbonyl (C=O) groups excluding carboxylic acids is 2. The van der Waals surface area contributed by atoms with Crippen LogP contribution in [0, 0.1) is 11.2 Å². The number of hydrogen-bond donors (Lipinski definition) is 3. The van der Waals surface area contributed by atoms with Crippen LogP contribution in [0.5, 0.6) is 11.5 Å². The van der Waals surface area contributed by atoms with Gasteiger partial charge in [-0.15, -0.1) is 0 Å². The molecule has 0 bridgehead atoms. The number of anilines is 2. The van der Waals surface area contributed by atoms with Crippen molar-refractivity contribution in [1.82, 2.24) is 25.1 Å². The highest BCUT2D eigenvalue weighted by Gasteiger charge is 2.47. The molecule has 1 aromatic heterocycles. The fourth-order valence-corrected chi connectivity index (χ4v) is 7.08. The Hall–Kier alpha value is -4.33. The van der Waals surface area contributed by atoms with Gasteiger partial charge < -0.3 is 35.0 Å². The highest BCUT2D eigenvalue weighted by Crippen LogP contribution is 2.45. The molecular weight excluding hydrogens is 629 g/mol. The van der Waals surface area contributed by atoms with E-state index in [-0.39, 0.29) is 47.4 Å². The molecule has 2 atom stereocenters. The van der Waals surface area contributed by atoms with E-state index in [1.165, 1.54) is 24.5 Å². The van der Waals surface area contributed by atoms with Crippen molar-refractivity contribution in [3.63, 3.8) is 0 Å². The summed E-state index contributed by atoms with van der Waals surface area (Å²) in [5.74, 6) is -0.765. The molecule has 13 heteroatoms. The van der Waals surface area contributed by atoms with Crippen LogP contribution in [-0.4, -0.2) is 101 Å². The van der Waals surface area contributed by atoms with Gasteiger partial charge in [-0.3, -0.25) is 9.69 Å². The lowest BCUT2D eigenvalue weighted by Crippen LogP contribution is -2.62. The quantitative estimate of drug-likeness (QED) is 0.276. The lowest BCUT2D eigenvalue weighted by atomic mass is 9.72. The molecule has 3 aliphatic heterocycles. The maximum atomic E-state index is 14.3. The van der Waals surface area contributed by atoms with Crippen molar-refractivity contribution in [3.8, 4) is 11.5 Å². The first-order chi connectivity index (χ1) is 23.6. The predicted molar refractivity (Wildman–Crippen MR) is 183 cm³/mol. The number of aromatic nitrogens is 2. The van der Waals surface area contributed by atoms with Crippen molar-refractivity contribution in [1.29, 1.82) is 0 Å². The van der Waals surface area contributed by atoms with Crippen LogP contribution < -0.4 is 20.3 Å². The maximum absolute atomic E-state index is 14.3. The Balaban J connectivity index is 0.998. The molecule has 0 aliphatic carbocycles. The summed E-state index contributed by atoms with van der Waals surface area (Å²) in [6, 6.07) is 12.7. The average Bonchev–Trinajstić information content (AvgIpc) is 3.07. The Morgan fingerprint density at radius 2 is 1.88 bits per heavy atom. The van der Waals surface area contributed by atoms with Gasteiger partial charge in [0.2, 0.25) is 0 Å². The maximum Gasteiger partial charge on any atom is 0.319 e. The van der Waals surface area contributed by atoms with E-state index in [9.17, 15) is 19.1 Å². The number of benzene rings is 2. The van der Waals surface area contributed by atoms with Crippen LogP contribution in [0.2, 0.25) is 0 Å². The third-order valence-corrected chi connectivity index (χ3v) is 9.82. The van der Waals surface area contributed by atoms with E-state index in [1.54, 1.807) is 11.1 Å². The smallest absolute Gasteiger partial charge is 0.319 e. The highest BCUT2D eigenvalue weighted by atomic mass is 19.1. The number of halogens is 1. The number of β-amino-alcohol motifs (C(OH)–C–C–N with tert-alkyl or cyclic N) is 1. The fourth-order valence-electron chi connectivity index (χ4n) is 7.08. The molecule has 6 rings (SSSR count). The number of rotatable bonds is 10. The minimum absolute atomic E-state index is 0.0548. The van der Waals surface area contributed by atoms with Gasteiger partial charge in [-0.2, -0.15) is 0 Å². The number of piperidine rings is 1. The number of amides is 3. The molecule has 3 aromatic rings. The summed E-state index contributed by atoms with van der Waals surface area (Å²) in [5, 5.41) is 17.0. The number of hydrogen-bond acceptors (Lipinski definition) is 9. The SMILES string of the molecule is CCN(C(=O)c1cc(F)ccc1Oc1cncnc1N1CC2(CCN(C[C@@]3(O)CC[C@@H](NC(=O)Nc4ccccc4)CO3)CC2)C1)C(C)C. The second kappa shape index (κ2) is 14.7. The zero-order valence-electron chi connectivity index (χ0n) is 28.4. The summed E-state index contributed by atoms with van der Waals surface area (Å²) in [7, 11) is 0. The van der Waals surface area contributed by atoms with Gasteiger partial charge in [0, 0.05) is 43.2 Å². The molecule has 1 spiro atoms. The van der Waals surface area contributed by atoms with Crippen molar-refractivity contribution in [2.75, 3.05) is 56.1 Å². The van der Waals surface area contributed by atoms with Gasteiger partial charge in [-0.25, -0.2) is 19.2 Å². The summed E-state index contributed by atoms with van der Waals surface area (Å²) in [4.78, 5) is 40.5. The van der Waals surface area contributed by atoms with Crippen LogP contribution in [0.1, 0.15) is 56.8 Å². The van der Waals surface area contributed by atoms with Gasteiger partial charge in [-0.1, -0.05) is 18.2 Å². The monoisotopic (exact) mass is 675 g/mol. The van der Waals surface area contributed by atoms with Crippen LogP contribution in [0.3, 0.4) is 0 Å². The molecule has 0 unspecified atom stereocenters. The first-order valence-electron chi connectivity index (χ1n) is 17.1. The number of ether oxygens (including phenoxy) is 2. The van der Waals surface area contributed by atoms with Crippen LogP contribution in [0.4, 0.5) is 20.7 Å². The van der Waals surface area contributed by atoms with Crippen molar-refractivity contribution < 1.29 is 28.6 Å². The number of aliphatic hydroxyl groups is 1. The van der Waals surface area contributed by atoms with Gasteiger partial charge in [0.25, 0.3) is 5.91 Å². The van der Waals surface area contributed by atoms with Gasteiger partial charge >= 0.3 is 6.03 Å². The van der Waals surface area contributed by atoms with Crippen molar-refractivity contribution in [2.24, 2.45) is 5.41 Å². The van der Waals surface area contributed by atoms with E-state index >= 15 is 0 Å². The van der Waals surface area contributed by atoms with E-state index in [2.05, 4.69) is 30.4 Å². The number of nitrogens with one attached hydrogen (secondary N) is 2. The summed E-state index contributed by atoms with van der Waals surface area (Å²) < 4.78 is 26.4. The number of para-hydroxylation sites is 1. The van der Waals surface area contributed by atoms with Gasteiger partial charge in [0.05, 0.1) is 31.0 Å². The molecule has 3 aliphatic rings. The number of carbonyl (C=O) groups is 2. The van der Waals surface area contributed by atoms with Gasteiger partial charge in [0.1, 0.15) is 17.9 Å². The predicted octanol–water partition coefficient (Wildman–Crippen LogP) is 4.87. The Morgan fingerprint density at radius 3 is 2.55 bits per heavy atom. The molecule has 0 radical (unpaired) electrons. The molecule has 3 N–H and O–H groups in total. The van der Waals surface area contributed by atoms with Crippen molar-refractivity contribution in [2.45, 2.75) is 64.3 Å². The normalized spacial score (nSPS) is 22.0. The second-order valence-corrected chi connectivity index (χ2v) is 13.7. The van der Waals surface area contributed by atoms with E-state index in [0.29, 0.717) is 43.2 Å². The van der Waals surface area contributed by atoms with Gasteiger partial charge in [-0.05, 0) is 83.5 Å². The molecular formula is C36H46FN7O5. The van der Waals surface area contributed by atoms with Crippen LogP contribution in [0.25, 0.3) is 0 Å². The summed E-state index contributed by atoms with van der Waals surface area (Å²) in [6.07, 6.45) is 6.03. The second-order valence-electron chi connectivity index (χ2n) is 13.7. The Kier molecular flexibility index (Phi) is 10.3. The average molecular weight is 676 g/mol. The molecule has 49 heavy (non-hydrogen) atoms. The summed E-state index contributed by atoms with van der Waals surface area (Å²) in [6.45, 7) is 10.1. The Morgan fingerprint density at radius 1 is 1.12 bits per heavy atom. The third kappa shape index (κ3) is 8.11. The third-order valence-electron chi connectivity index (χ3n) is 9.82. The van der Waals surface area contributed by atoms with E-state index in [1.807, 2.05) is 51.1 Å². The summed E-state index contributed by atoms with van der Waals surface area (Å²) in [5.41, 5.74) is 0.988. The molecule has 262 valence electrons. The van der Waals surface area contributed by atoms with Crippen molar-refractivity contribution in [3.05, 3.63) is 72.4 Å². The number of likely N-dealkylation sites (tertiary alicyclic amines) is 1. The van der Waals surface area contributed by atoms with Crippen LogP contribution >= 0.6 is 0 Å². The highest BCUT2D eigenvalue weighted by molar-refractivity contribution is 5.97. The van der Waals surface area contributed by atoms with Crippen LogP contribution in [0.15, 0.2) is 61.1 Å². The van der Waals surface area contributed by atoms with E-state index < -0.39 is 11.6 Å². The summed E-state index contributed by atoms with van der Waals surface area (Å²) >= 11 is 0. The topological polar surface area (TPSA) is 132 Å². The molecule has 4 heterocycles. The molecule has 3 amide bonds. The Labute approximate surface area is 286 Å². The Bertz CT molecular complexity index is 1600. The van der Waals surface area contributed by atoms with E-state index in [4.69, 9.17) is 9.47 Å². The lowest BCUT2D eigenvalue weighted by Gasteiger charge is -2.55. The van der Waals surface area contributed by atoms with Crippen molar-refractivity contribution >= 4 is 23.4 Å². The van der Waals surface area contributed by atoms with Crippen LogP contribution in [-0.2, 0) is 4.74 Å². The number of urea groups is 1. The minimum Gasteiger partial charge on any atom is -0.451 e. The van der Waals surface area contributed by atoms with E-state index in [0.717, 1.165) is 39.0 Å². The first-order valence-corrected chi connectivity index (χ1v) is 17.1. The zero-order chi connectivity index (χ0) is 34.6. The molecule has 0 saturated carbocycles. The largest absolute Gasteiger partial charge is 0.451 e. The molecule has 12 nitrogen and oxygen atoms in total. The first kappa shape index (κ1) is 34.5. The molecule has 3 saturated heterocycles. The number of nitrogens with zero attached hydrogens (tertiary/aromatic N) is 5. The minimum atomic E-state index is -1.25. The van der Waals surface area contributed by atoms with Gasteiger partial charge in [0.15, 0.2) is 17.4 Å². The standard InChI is InChI=1S/C36H46FN7O5/c1-4-44(25(2)3)33(45)29-18-26(37)10-11-30(29)49-31-19-38-24-39-32(31)43-21-35(22-43)14-16-42(17-15-35)23-36(47)13-12-28(20-48-36)41-34(46)40-27-8-6-5-7-9-27/h5-11,18-19,24-25,28,47H,4,12-17,20-23H2,1-3H3,(H2,40,41,46)/t28-,36-/m1/s1. The molecule has 2 aromatic carbocycles. The fraction of sp³-hybridized carbons (Fsp3) is 0.500.